The third-order valence-electron chi connectivity index (χ3n) is 9.53. The quantitative estimate of drug-likeness (QED) is 0.441. The van der Waals surface area contributed by atoms with Crippen LogP contribution in [0.5, 0.6) is 0 Å². The van der Waals surface area contributed by atoms with E-state index in [-0.39, 0.29) is 41.2 Å². The Morgan fingerprint density at radius 1 is 1.22 bits per heavy atom. The predicted octanol–water partition coefficient (Wildman–Crippen LogP) is 3.24. The highest BCUT2D eigenvalue weighted by Crippen LogP contribution is 2.66. The van der Waals surface area contributed by atoms with Gasteiger partial charge < -0.3 is 21.3 Å². The van der Waals surface area contributed by atoms with Gasteiger partial charge in [-0.25, -0.2) is 4.79 Å². The molecule has 0 aromatic carbocycles. The van der Waals surface area contributed by atoms with Crippen molar-refractivity contribution < 1.29 is 37.8 Å². The van der Waals surface area contributed by atoms with E-state index in [1.165, 1.54) is 5.57 Å². The van der Waals surface area contributed by atoms with E-state index in [9.17, 15) is 27.9 Å². The van der Waals surface area contributed by atoms with E-state index in [4.69, 9.17) is 15.6 Å². The van der Waals surface area contributed by atoms with Gasteiger partial charge in [-0.2, -0.15) is 13.2 Å². The SMILES string of the molecule is CC(=O)[C@H]1CC[C@H]2[C@@H]3CCC4=CC(=O)CC[C@]4(C)[C@H]3[C@@H](NC[C@@H](N)CO)C[C@]12C.O=C(O)C(F)(F)F. The number of fused-ring (bicyclic) bond motifs is 5. The first-order chi connectivity index (χ1) is 16.6. The molecular formula is C26H39F3N2O5. The number of carbonyl (C=O) groups is 3. The maximum Gasteiger partial charge on any atom is 0.490 e. The van der Waals surface area contributed by atoms with Crippen molar-refractivity contribution >= 4 is 17.5 Å². The molecule has 204 valence electrons. The number of aliphatic hydroxyl groups excluding tert-OH is 1. The number of carboxylic acids is 1. The maximum absolute atomic E-state index is 12.5. The van der Waals surface area contributed by atoms with Crippen molar-refractivity contribution in [3.05, 3.63) is 11.6 Å². The number of aliphatic carboxylic acids is 1. The molecule has 4 aliphatic carbocycles. The zero-order valence-electron chi connectivity index (χ0n) is 21.2. The Labute approximate surface area is 210 Å². The fourth-order valence-electron chi connectivity index (χ4n) is 7.98. The fourth-order valence-corrected chi connectivity index (χ4v) is 7.98. The number of ketones is 2. The molecule has 3 fully saturated rings. The second kappa shape index (κ2) is 10.5. The number of aliphatic hydroxyl groups is 1. The summed E-state index contributed by atoms with van der Waals surface area (Å²) >= 11 is 0. The van der Waals surface area contributed by atoms with E-state index in [0.717, 1.165) is 38.5 Å². The van der Waals surface area contributed by atoms with Crippen LogP contribution in [0.3, 0.4) is 0 Å². The Balaban J connectivity index is 0.000000454. The summed E-state index contributed by atoms with van der Waals surface area (Å²) in [6.45, 7) is 7.06. The van der Waals surface area contributed by atoms with Crippen LogP contribution in [0.1, 0.15) is 65.7 Å². The molecule has 0 aromatic rings. The van der Waals surface area contributed by atoms with Gasteiger partial charge >= 0.3 is 12.1 Å². The molecule has 5 N–H and O–H groups in total. The fraction of sp³-hybridized carbons (Fsp3) is 0.808. The van der Waals surface area contributed by atoms with Crippen LogP contribution in [-0.2, 0) is 14.4 Å². The molecule has 0 spiro atoms. The average Bonchev–Trinajstić information content (AvgIpc) is 3.14. The minimum Gasteiger partial charge on any atom is -0.475 e. The van der Waals surface area contributed by atoms with Crippen LogP contribution < -0.4 is 11.1 Å². The number of hydrogen-bond donors (Lipinski definition) is 4. The number of Topliss-reactive ketones (excluding diaryl/α,β-unsaturated/α-hetero) is 1. The molecule has 8 atom stereocenters. The van der Waals surface area contributed by atoms with Crippen molar-refractivity contribution in [2.75, 3.05) is 13.2 Å². The van der Waals surface area contributed by atoms with E-state index >= 15 is 0 Å². The lowest BCUT2D eigenvalue weighted by atomic mass is 9.45. The second-order valence-electron chi connectivity index (χ2n) is 11.6. The van der Waals surface area contributed by atoms with Crippen molar-refractivity contribution in [2.24, 2.45) is 40.2 Å². The average molecular weight is 517 g/mol. The van der Waals surface area contributed by atoms with Crippen LogP contribution in [0.2, 0.25) is 0 Å². The first kappa shape index (κ1) is 28.8. The zero-order valence-corrected chi connectivity index (χ0v) is 21.2. The van der Waals surface area contributed by atoms with E-state index in [1.807, 2.05) is 6.08 Å². The highest BCUT2D eigenvalue weighted by Gasteiger charge is 2.62. The summed E-state index contributed by atoms with van der Waals surface area (Å²) in [4.78, 5) is 33.5. The monoisotopic (exact) mass is 516 g/mol. The van der Waals surface area contributed by atoms with E-state index < -0.39 is 12.1 Å². The zero-order chi connectivity index (χ0) is 27.1. The molecule has 36 heavy (non-hydrogen) atoms. The van der Waals surface area contributed by atoms with E-state index in [0.29, 0.717) is 36.5 Å². The molecule has 0 saturated heterocycles. The maximum atomic E-state index is 12.5. The minimum absolute atomic E-state index is 0.0271. The number of hydrogen-bond acceptors (Lipinski definition) is 6. The van der Waals surface area contributed by atoms with Gasteiger partial charge in [0.25, 0.3) is 0 Å². The van der Waals surface area contributed by atoms with Crippen molar-refractivity contribution in [1.29, 1.82) is 0 Å². The van der Waals surface area contributed by atoms with Crippen molar-refractivity contribution in [3.63, 3.8) is 0 Å². The molecule has 3 saturated carbocycles. The molecule has 0 bridgehead atoms. The summed E-state index contributed by atoms with van der Waals surface area (Å²) in [7, 11) is 0. The van der Waals surface area contributed by atoms with Gasteiger partial charge in [0.1, 0.15) is 5.78 Å². The summed E-state index contributed by atoms with van der Waals surface area (Å²) in [5.74, 6) is -0.357. The van der Waals surface area contributed by atoms with Gasteiger partial charge in [-0.3, -0.25) is 9.59 Å². The normalized spacial score (nSPS) is 38.5. The summed E-state index contributed by atoms with van der Waals surface area (Å²) in [5.41, 5.74) is 7.47. The van der Waals surface area contributed by atoms with Gasteiger partial charge in [0, 0.05) is 31.0 Å². The predicted molar refractivity (Wildman–Crippen MR) is 127 cm³/mol. The molecule has 0 heterocycles. The number of halogens is 3. The van der Waals surface area contributed by atoms with Gasteiger partial charge in [0.15, 0.2) is 5.78 Å². The molecule has 4 aliphatic rings. The van der Waals surface area contributed by atoms with Crippen molar-refractivity contribution in [3.8, 4) is 0 Å². The Bertz CT molecular complexity index is 907. The smallest absolute Gasteiger partial charge is 0.475 e. The highest BCUT2D eigenvalue weighted by atomic mass is 19.4. The van der Waals surface area contributed by atoms with Gasteiger partial charge in [-0.1, -0.05) is 19.4 Å². The number of alkyl halides is 3. The van der Waals surface area contributed by atoms with Gasteiger partial charge in [0.05, 0.1) is 6.61 Å². The molecule has 7 nitrogen and oxygen atoms in total. The Morgan fingerprint density at radius 3 is 2.42 bits per heavy atom. The van der Waals surface area contributed by atoms with Crippen molar-refractivity contribution in [2.45, 2.75) is 84.0 Å². The molecule has 4 rings (SSSR count). The topological polar surface area (TPSA) is 130 Å². The van der Waals surface area contributed by atoms with Crippen molar-refractivity contribution in [1.82, 2.24) is 5.32 Å². The molecule has 10 heteroatoms. The largest absolute Gasteiger partial charge is 0.490 e. The number of carboxylic acid groups (broad SMARTS) is 1. The van der Waals surface area contributed by atoms with Crippen LogP contribution in [0.15, 0.2) is 11.6 Å². The minimum atomic E-state index is -5.08. The Hall–Kier alpha value is -1.78. The molecule has 0 aliphatic heterocycles. The first-order valence-corrected chi connectivity index (χ1v) is 12.8. The van der Waals surface area contributed by atoms with Gasteiger partial charge in [-0.15, -0.1) is 0 Å². The highest BCUT2D eigenvalue weighted by molar-refractivity contribution is 5.91. The lowest BCUT2D eigenvalue weighted by Crippen LogP contribution is -2.61. The summed E-state index contributed by atoms with van der Waals surface area (Å²) in [6, 6.07) is -0.00814. The summed E-state index contributed by atoms with van der Waals surface area (Å²) in [6.07, 6.45) is 3.72. The number of carbonyl (C=O) groups excluding carboxylic acids is 2. The molecule has 0 radical (unpaired) electrons. The molecule has 0 aromatic heterocycles. The van der Waals surface area contributed by atoms with E-state index in [1.54, 1.807) is 6.92 Å². The van der Waals surface area contributed by atoms with Crippen LogP contribution in [-0.4, -0.2) is 59.2 Å². The lowest BCUT2D eigenvalue weighted by Gasteiger charge is -2.61. The second-order valence-corrected chi connectivity index (χ2v) is 11.6. The summed E-state index contributed by atoms with van der Waals surface area (Å²) in [5, 5.41) is 20.3. The number of rotatable bonds is 5. The third kappa shape index (κ3) is 5.41. The van der Waals surface area contributed by atoms with Gasteiger partial charge in [-0.05, 0) is 80.1 Å². The lowest BCUT2D eigenvalue weighted by molar-refractivity contribution is -0.192. The van der Waals surface area contributed by atoms with Crippen LogP contribution in [0.25, 0.3) is 0 Å². The Morgan fingerprint density at radius 2 is 1.86 bits per heavy atom. The molecule has 0 unspecified atom stereocenters. The van der Waals surface area contributed by atoms with Crippen LogP contribution >= 0.6 is 0 Å². The number of nitrogens with one attached hydrogen (secondary N) is 1. The van der Waals surface area contributed by atoms with Crippen LogP contribution in [0, 0.1) is 34.5 Å². The summed E-state index contributed by atoms with van der Waals surface area (Å²) < 4.78 is 31.7. The standard InChI is InChI=1S/C24H38N2O3.C2HF3O2/c1-14(28)19-6-7-20-18-5-4-15-10-17(29)8-9-23(15,2)22(18)21(11-24(19,20)3)26-12-16(25)13-27;3-2(4,5)1(6)7/h10,16,18-22,26-27H,4-9,11-13,25H2,1-3H3;(H,6,7)/t16-,18+,19-,20+,21+,22-,23+,24-;/m1./s1. The third-order valence-corrected chi connectivity index (χ3v) is 9.53. The number of nitrogens with two attached hydrogens (primary N) is 1. The molecular weight excluding hydrogens is 477 g/mol. The molecule has 0 amide bonds. The number of allylic oxidation sites excluding steroid dienone is 1. The van der Waals surface area contributed by atoms with Gasteiger partial charge in [0.2, 0.25) is 0 Å². The Kier molecular flexibility index (Phi) is 8.42. The van der Waals surface area contributed by atoms with E-state index in [2.05, 4.69) is 19.2 Å². The van der Waals surface area contributed by atoms with Crippen LogP contribution in [0.4, 0.5) is 13.2 Å². The first-order valence-electron chi connectivity index (χ1n) is 12.8.